The standard InChI is InChI=1S/C15H9F3N2O3S.C7H17NOS/c16-15(17,18)8-22-11-2-1-5-19-14(11)23-9-3-4-10-12(6-9)24-13(7-21)20-10;1-7(2,8-3)5-6-10(4)9/h1-7H,8H2;8H,5-6H2,1-4H3. The maximum Gasteiger partial charge on any atom is 0.422 e. The van der Waals surface area contributed by atoms with Crippen LogP contribution in [0.3, 0.4) is 0 Å². The van der Waals surface area contributed by atoms with Gasteiger partial charge in [-0.25, -0.2) is 9.97 Å². The predicted molar refractivity (Wildman–Crippen MR) is 128 cm³/mol. The molecule has 1 unspecified atom stereocenters. The number of thiazole rings is 1. The SMILES string of the molecule is CNC(C)(C)CCS(C)=O.O=Cc1nc2ccc(Oc3ncccc3OCC(F)(F)F)cc2s1. The maximum atomic E-state index is 12.3. The second-order valence-electron chi connectivity index (χ2n) is 7.77. The van der Waals surface area contributed by atoms with Gasteiger partial charge in [0.1, 0.15) is 5.75 Å². The normalized spacial score (nSPS) is 12.6. The van der Waals surface area contributed by atoms with Gasteiger partial charge in [-0.1, -0.05) is 0 Å². The number of hydrogen-bond donors (Lipinski definition) is 1. The van der Waals surface area contributed by atoms with Crippen LogP contribution in [0.5, 0.6) is 17.4 Å². The Morgan fingerprint density at radius 2 is 1.97 bits per heavy atom. The molecular weight excluding hydrogens is 491 g/mol. The third-order valence-corrected chi connectivity index (χ3v) is 6.23. The van der Waals surface area contributed by atoms with Gasteiger partial charge >= 0.3 is 6.18 Å². The van der Waals surface area contributed by atoms with Crippen LogP contribution in [0.25, 0.3) is 10.2 Å². The van der Waals surface area contributed by atoms with Gasteiger partial charge in [0.25, 0.3) is 5.88 Å². The number of aromatic nitrogens is 2. The van der Waals surface area contributed by atoms with Crippen LogP contribution in [0, 0.1) is 0 Å². The first kappa shape index (κ1) is 27.7. The molecule has 0 radical (unpaired) electrons. The van der Waals surface area contributed by atoms with E-state index in [4.69, 9.17) is 9.47 Å². The van der Waals surface area contributed by atoms with Gasteiger partial charge < -0.3 is 14.8 Å². The van der Waals surface area contributed by atoms with Gasteiger partial charge in [-0.05, 0) is 51.6 Å². The first-order valence-electron chi connectivity index (χ1n) is 10.1. The molecule has 1 N–H and O–H groups in total. The first-order chi connectivity index (χ1) is 15.9. The molecule has 0 fully saturated rings. The van der Waals surface area contributed by atoms with Crippen LogP contribution in [-0.4, -0.2) is 57.8 Å². The largest absolute Gasteiger partial charge is 0.478 e. The molecule has 2 heterocycles. The van der Waals surface area contributed by atoms with Crippen molar-refractivity contribution in [3.05, 3.63) is 41.5 Å². The van der Waals surface area contributed by atoms with E-state index < -0.39 is 23.6 Å². The summed E-state index contributed by atoms with van der Waals surface area (Å²) in [5.74, 6) is 0.932. The summed E-state index contributed by atoms with van der Waals surface area (Å²) in [6.45, 7) is 2.78. The van der Waals surface area contributed by atoms with Crippen molar-refractivity contribution in [1.82, 2.24) is 15.3 Å². The van der Waals surface area contributed by atoms with Crippen LogP contribution in [0.15, 0.2) is 36.5 Å². The fourth-order valence-electron chi connectivity index (χ4n) is 2.39. The molecule has 186 valence electrons. The third-order valence-electron chi connectivity index (χ3n) is 4.51. The van der Waals surface area contributed by atoms with Crippen LogP contribution < -0.4 is 14.8 Å². The van der Waals surface area contributed by atoms with Crippen LogP contribution >= 0.6 is 11.3 Å². The van der Waals surface area contributed by atoms with Crippen LogP contribution in [0.1, 0.15) is 30.1 Å². The molecular formula is C22H26F3N3O4S2. The minimum absolute atomic E-state index is 0.0822. The number of halogens is 3. The van der Waals surface area contributed by atoms with Crippen molar-refractivity contribution in [2.45, 2.75) is 32.0 Å². The molecule has 0 amide bonds. The summed E-state index contributed by atoms with van der Waals surface area (Å²) in [6, 6.07) is 7.64. The lowest BCUT2D eigenvalue weighted by molar-refractivity contribution is -0.153. The lowest BCUT2D eigenvalue weighted by atomic mass is 10.0. The van der Waals surface area contributed by atoms with Crippen molar-refractivity contribution in [1.29, 1.82) is 0 Å². The van der Waals surface area contributed by atoms with Gasteiger partial charge in [0.2, 0.25) is 0 Å². The Hall–Kier alpha value is -2.57. The lowest BCUT2D eigenvalue weighted by Gasteiger charge is -2.22. The molecule has 0 aliphatic rings. The monoisotopic (exact) mass is 517 g/mol. The van der Waals surface area contributed by atoms with Crippen molar-refractivity contribution < 1.29 is 31.6 Å². The molecule has 0 bridgehead atoms. The molecule has 3 rings (SSSR count). The number of rotatable bonds is 9. The topological polar surface area (TPSA) is 90.4 Å². The number of carbonyl (C=O) groups is 1. The molecule has 2 aromatic heterocycles. The Bertz CT molecular complexity index is 1120. The smallest absolute Gasteiger partial charge is 0.422 e. The summed E-state index contributed by atoms with van der Waals surface area (Å²) < 4.78 is 58.5. The Morgan fingerprint density at radius 3 is 2.59 bits per heavy atom. The Kier molecular flexibility index (Phi) is 9.95. The van der Waals surface area contributed by atoms with E-state index in [9.17, 15) is 22.2 Å². The Morgan fingerprint density at radius 1 is 1.24 bits per heavy atom. The molecule has 0 saturated carbocycles. The number of hydrogen-bond acceptors (Lipinski definition) is 8. The van der Waals surface area contributed by atoms with Crippen molar-refractivity contribution in [3.8, 4) is 17.4 Å². The average molecular weight is 518 g/mol. The number of nitrogens with zero attached hydrogens (tertiary/aromatic N) is 2. The zero-order valence-electron chi connectivity index (χ0n) is 19.1. The number of nitrogens with one attached hydrogen (secondary N) is 1. The molecule has 0 spiro atoms. The van der Waals surface area contributed by atoms with Crippen molar-refractivity contribution in [2.24, 2.45) is 0 Å². The highest BCUT2D eigenvalue weighted by Crippen LogP contribution is 2.32. The molecule has 1 aromatic carbocycles. The highest BCUT2D eigenvalue weighted by atomic mass is 32.2. The predicted octanol–water partition coefficient (Wildman–Crippen LogP) is 4.99. The fraction of sp³-hybridized carbons (Fsp3) is 0.409. The first-order valence-corrected chi connectivity index (χ1v) is 12.6. The summed E-state index contributed by atoms with van der Waals surface area (Å²) in [4.78, 5) is 18.7. The highest BCUT2D eigenvalue weighted by molar-refractivity contribution is 7.84. The molecule has 0 saturated heterocycles. The molecule has 12 heteroatoms. The second-order valence-corrected chi connectivity index (χ2v) is 10.4. The molecule has 1 atom stereocenters. The van der Waals surface area contributed by atoms with E-state index in [0.717, 1.165) is 12.2 Å². The molecule has 7 nitrogen and oxygen atoms in total. The third kappa shape index (κ3) is 9.35. The summed E-state index contributed by atoms with van der Waals surface area (Å²) >= 11 is 1.18. The van der Waals surface area contributed by atoms with Crippen LogP contribution in [0.4, 0.5) is 13.2 Å². The number of alkyl halides is 3. The molecule has 0 aliphatic heterocycles. The minimum atomic E-state index is -4.46. The molecule has 34 heavy (non-hydrogen) atoms. The van der Waals surface area contributed by atoms with Crippen molar-refractivity contribution >= 4 is 38.6 Å². The number of benzene rings is 1. The van der Waals surface area contributed by atoms with E-state index in [-0.39, 0.29) is 17.2 Å². The van der Waals surface area contributed by atoms with Crippen molar-refractivity contribution in [2.75, 3.05) is 25.7 Å². The van der Waals surface area contributed by atoms with E-state index in [1.54, 1.807) is 24.5 Å². The average Bonchev–Trinajstić information content (AvgIpc) is 3.20. The summed E-state index contributed by atoms with van der Waals surface area (Å²) in [5.41, 5.74) is 0.759. The van der Waals surface area contributed by atoms with Gasteiger partial charge in [-0.3, -0.25) is 9.00 Å². The van der Waals surface area contributed by atoms with Crippen LogP contribution in [0.2, 0.25) is 0 Å². The lowest BCUT2D eigenvalue weighted by Crippen LogP contribution is -2.37. The second kappa shape index (κ2) is 12.2. The quantitative estimate of drug-likeness (QED) is 0.400. The number of aldehydes is 1. The Balaban J connectivity index is 0.000000347. The van der Waals surface area contributed by atoms with E-state index in [0.29, 0.717) is 27.3 Å². The highest BCUT2D eigenvalue weighted by Gasteiger charge is 2.29. The van der Waals surface area contributed by atoms with Gasteiger partial charge in [0.05, 0.1) is 10.2 Å². The van der Waals surface area contributed by atoms with Crippen LogP contribution in [-0.2, 0) is 10.8 Å². The van der Waals surface area contributed by atoms with Gasteiger partial charge in [0, 0.05) is 40.6 Å². The van der Waals surface area contributed by atoms with E-state index in [1.807, 2.05) is 7.05 Å². The minimum Gasteiger partial charge on any atom is -0.478 e. The van der Waals surface area contributed by atoms with E-state index in [2.05, 4.69) is 29.1 Å². The Labute approximate surface area is 202 Å². The fourth-order valence-corrected chi connectivity index (χ4v) is 4.00. The zero-order chi connectivity index (χ0) is 25.4. The summed E-state index contributed by atoms with van der Waals surface area (Å²) in [7, 11) is 1.28. The van der Waals surface area contributed by atoms with E-state index >= 15 is 0 Å². The summed E-state index contributed by atoms with van der Waals surface area (Å²) in [6.07, 6.45) is 0.275. The van der Waals surface area contributed by atoms with E-state index in [1.165, 1.54) is 29.7 Å². The number of fused-ring (bicyclic) bond motifs is 1. The van der Waals surface area contributed by atoms with Gasteiger partial charge in [0.15, 0.2) is 23.7 Å². The van der Waals surface area contributed by atoms with Crippen molar-refractivity contribution in [3.63, 3.8) is 0 Å². The maximum absolute atomic E-state index is 12.3. The molecule has 0 aliphatic carbocycles. The van der Waals surface area contributed by atoms with Gasteiger partial charge in [-0.15, -0.1) is 11.3 Å². The van der Waals surface area contributed by atoms with Gasteiger partial charge in [-0.2, -0.15) is 13.2 Å². The molecule has 3 aromatic rings. The number of carbonyl (C=O) groups excluding carboxylic acids is 1. The zero-order valence-corrected chi connectivity index (χ0v) is 20.8. The number of ether oxygens (including phenoxy) is 2. The number of pyridine rings is 1. The summed E-state index contributed by atoms with van der Waals surface area (Å²) in [5, 5.41) is 3.49.